The number of piperazine rings is 1. The molecule has 154 valence electrons. The van der Waals surface area contributed by atoms with Crippen LogP contribution < -0.4 is 4.90 Å². The Kier molecular flexibility index (Phi) is 6.12. The summed E-state index contributed by atoms with van der Waals surface area (Å²) in [6.45, 7) is 2.20. The van der Waals surface area contributed by atoms with Crippen LogP contribution in [0.2, 0.25) is 5.28 Å². The molecular formula is C21H21ClN6O2. The maximum Gasteiger partial charge on any atom is 0.320 e. The van der Waals surface area contributed by atoms with Gasteiger partial charge in [0.15, 0.2) is 5.82 Å². The van der Waals surface area contributed by atoms with Crippen LogP contribution in [0.1, 0.15) is 12.0 Å². The molecule has 8 nitrogen and oxygen atoms in total. The average Bonchev–Trinajstić information content (AvgIpc) is 3.22. The summed E-state index contributed by atoms with van der Waals surface area (Å²) in [6.07, 6.45) is 2.10. The molecule has 3 aromatic rings. The van der Waals surface area contributed by atoms with Crippen molar-refractivity contribution >= 4 is 34.4 Å². The van der Waals surface area contributed by atoms with Crippen molar-refractivity contribution in [1.29, 1.82) is 5.26 Å². The number of aromatic amines is 1. The molecule has 1 atom stereocenters. The lowest BCUT2D eigenvalue weighted by molar-refractivity contribution is -0.147. The molecule has 30 heavy (non-hydrogen) atoms. The summed E-state index contributed by atoms with van der Waals surface area (Å²) < 4.78 is 5.41. The van der Waals surface area contributed by atoms with Crippen molar-refractivity contribution in [3.8, 4) is 6.07 Å². The van der Waals surface area contributed by atoms with Gasteiger partial charge in [-0.05, 0) is 23.2 Å². The minimum absolute atomic E-state index is 0.119. The molecule has 0 amide bonds. The number of carbonyl (C=O) groups is 1. The molecule has 0 bridgehead atoms. The quantitative estimate of drug-likeness (QED) is 0.479. The maximum atomic E-state index is 12.4. The van der Waals surface area contributed by atoms with Crippen LogP contribution in [-0.2, 0) is 16.1 Å². The van der Waals surface area contributed by atoms with E-state index in [1.807, 2.05) is 41.3 Å². The minimum Gasteiger partial charge on any atom is -0.460 e. The molecule has 0 spiro atoms. The fourth-order valence-corrected chi connectivity index (χ4v) is 3.84. The van der Waals surface area contributed by atoms with Crippen LogP contribution >= 0.6 is 11.6 Å². The van der Waals surface area contributed by atoms with Crippen LogP contribution in [0.4, 0.5) is 5.82 Å². The standard InChI is InChI=1S/C21H21ClN6O2/c22-21-25-17-7-9-24-19(17)20(26-21)28-11-10-27(16(12-28)6-8-23)13-18(29)30-14-15-4-2-1-3-5-15/h1-5,7,9,16,24H,6,10-14H2/t16-/m0/s1. The number of hydrogen-bond donors (Lipinski definition) is 1. The summed E-state index contributed by atoms with van der Waals surface area (Å²) in [5.41, 5.74) is 2.50. The first kappa shape index (κ1) is 20.1. The fraction of sp³-hybridized carbons (Fsp3) is 0.333. The van der Waals surface area contributed by atoms with Gasteiger partial charge in [-0.3, -0.25) is 9.69 Å². The van der Waals surface area contributed by atoms with Gasteiger partial charge in [-0.15, -0.1) is 0 Å². The van der Waals surface area contributed by atoms with Crippen LogP contribution in [0, 0.1) is 11.3 Å². The van der Waals surface area contributed by atoms with Crippen molar-refractivity contribution in [3.05, 3.63) is 53.4 Å². The number of aromatic nitrogens is 3. The van der Waals surface area contributed by atoms with Crippen molar-refractivity contribution in [2.45, 2.75) is 19.1 Å². The van der Waals surface area contributed by atoms with Gasteiger partial charge < -0.3 is 14.6 Å². The molecule has 0 unspecified atom stereocenters. The normalized spacial score (nSPS) is 17.1. The number of halogens is 1. The van der Waals surface area contributed by atoms with Gasteiger partial charge in [-0.2, -0.15) is 10.2 Å². The Morgan fingerprint density at radius 3 is 2.90 bits per heavy atom. The molecular weight excluding hydrogens is 404 g/mol. The van der Waals surface area contributed by atoms with Crippen LogP contribution in [-0.4, -0.2) is 58.0 Å². The molecule has 1 aliphatic heterocycles. The van der Waals surface area contributed by atoms with Gasteiger partial charge in [-0.25, -0.2) is 4.98 Å². The van der Waals surface area contributed by atoms with Crippen molar-refractivity contribution in [2.75, 3.05) is 31.1 Å². The SMILES string of the molecule is N#CC[C@H]1CN(c2nc(Cl)nc3cc[nH]c23)CCN1CC(=O)OCc1ccccc1. The lowest BCUT2D eigenvalue weighted by Gasteiger charge is -2.40. The van der Waals surface area contributed by atoms with Gasteiger partial charge in [-0.1, -0.05) is 30.3 Å². The Labute approximate surface area is 179 Å². The monoisotopic (exact) mass is 424 g/mol. The largest absolute Gasteiger partial charge is 0.460 e. The zero-order valence-corrected chi connectivity index (χ0v) is 17.0. The predicted molar refractivity (Wildman–Crippen MR) is 113 cm³/mol. The highest BCUT2D eigenvalue weighted by atomic mass is 35.5. The van der Waals surface area contributed by atoms with Crippen molar-refractivity contribution in [3.63, 3.8) is 0 Å². The Bertz CT molecular complexity index is 1060. The fourth-order valence-electron chi connectivity index (χ4n) is 3.67. The van der Waals surface area contributed by atoms with Crippen molar-refractivity contribution in [1.82, 2.24) is 19.9 Å². The number of ether oxygens (including phenoxy) is 1. The van der Waals surface area contributed by atoms with E-state index >= 15 is 0 Å². The second kappa shape index (κ2) is 9.11. The number of hydrogen-bond acceptors (Lipinski definition) is 7. The average molecular weight is 425 g/mol. The molecule has 9 heteroatoms. The number of carbonyl (C=O) groups excluding carboxylic acids is 1. The van der Waals surface area contributed by atoms with E-state index in [0.29, 0.717) is 31.9 Å². The molecule has 0 saturated carbocycles. The van der Waals surface area contributed by atoms with Gasteiger partial charge in [0.25, 0.3) is 0 Å². The summed E-state index contributed by atoms with van der Waals surface area (Å²) in [5, 5.41) is 9.48. The number of anilines is 1. The highest BCUT2D eigenvalue weighted by molar-refractivity contribution is 6.28. The molecule has 1 aliphatic rings. The van der Waals surface area contributed by atoms with Crippen LogP contribution in [0.25, 0.3) is 11.0 Å². The highest BCUT2D eigenvalue weighted by Gasteiger charge is 2.30. The van der Waals surface area contributed by atoms with Gasteiger partial charge in [0.1, 0.15) is 12.1 Å². The number of rotatable bonds is 6. The number of nitriles is 1. The summed E-state index contributed by atoms with van der Waals surface area (Å²) in [5.74, 6) is 0.413. The van der Waals surface area contributed by atoms with E-state index in [0.717, 1.165) is 16.6 Å². The third-order valence-corrected chi connectivity index (χ3v) is 5.33. The van der Waals surface area contributed by atoms with Gasteiger partial charge >= 0.3 is 5.97 Å². The van der Waals surface area contributed by atoms with E-state index in [-0.39, 0.29) is 30.4 Å². The van der Waals surface area contributed by atoms with Gasteiger partial charge in [0.05, 0.1) is 24.6 Å². The molecule has 1 aromatic carbocycles. The summed E-state index contributed by atoms with van der Waals surface area (Å²) >= 11 is 6.09. The molecule has 4 rings (SSSR count). The zero-order chi connectivity index (χ0) is 20.9. The second-order valence-electron chi connectivity index (χ2n) is 7.13. The molecule has 2 aromatic heterocycles. The predicted octanol–water partition coefficient (Wildman–Crippen LogP) is 2.76. The molecule has 3 heterocycles. The molecule has 1 fully saturated rings. The Balaban J connectivity index is 1.42. The smallest absolute Gasteiger partial charge is 0.320 e. The van der Waals surface area contributed by atoms with E-state index in [1.54, 1.807) is 6.20 Å². The lowest BCUT2D eigenvalue weighted by Crippen LogP contribution is -2.54. The van der Waals surface area contributed by atoms with Crippen LogP contribution in [0.3, 0.4) is 0 Å². The number of H-pyrrole nitrogens is 1. The van der Waals surface area contributed by atoms with Crippen molar-refractivity contribution < 1.29 is 9.53 Å². The van der Waals surface area contributed by atoms with Crippen LogP contribution in [0.5, 0.6) is 0 Å². The van der Waals surface area contributed by atoms with E-state index < -0.39 is 0 Å². The van der Waals surface area contributed by atoms with Gasteiger partial charge in [0.2, 0.25) is 5.28 Å². The van der Waals surface area contributed by atoms with Gasteiger partial charge in [0, 0.05) is 31.9 Å². The van der Waals surface area contributed by atoms with Crippen molar-refractivity contribution in [2.24, 2.45) is 0 Å². The summed E-state index contributed by atoms with van der Waals surface area (Å²) in [7, 11) is 0. The number of benzene rings is 1. The Morgan fingerprint density at radius 2 is 2.10 bits per heavy atom. The maximum absolute atomic E-state index is 12.4. The van der Waals surface area contributed by atoms with E-state index in [4.69, 9.17) is 16.3 Å². The minimum atomic E-state index is -0.299. The lowest BCUT2D eigenvalue weighted by atomic mass is 10.1. The number of fused-ring (bicyclic) bond motifs is 1. The summed E-state index contributed by atoms with van der Waals surface area (Å²) in [6, 6.07) is 13.5. The topological polar surface area (TPSA) is 98.1 Å². The third-order valence-electron chi connectivity index (χ3n) is 5.17. The third kappa shape index (κ3) is 4.53. The molecule has 1 N–H and O–H groups in total. The number of esters is 1. The molecule has 0 radical (unpaired) electrons. The van der Waals surface area contributed by atoms with E-state index in [1.165, 1.54) is 0 Å². The first-order valence-corrected chi connectivity index (χ1v) is 10.1. The Hall–Kier alpha value is -3.15. The first-order valence-electron chi connectivity index (χ1n) is 9.70. The second-order valence-corrected chi connectivity index (χ2v) is 7.47. The van der Waals surface area contributed by atoms with E-state index in [9.17, 15) is 10.1 Å². The Morgan fingerprint density at radius 1 is 1.27 bits per heavy atom. The highest BCUT2D eigenvalue weighted by Crippen LogP contribution is 2.26. The molecule has 0 aliphatic carbocycles. The number of nitrogens with one attached hydrogen (secondary N) is 1. The first-order chi connectivity index (χ1) is 14.6. The molecule has 1 saturated heterocycles. The van der Waals surface area contributed by atoms with Crippen LogP contribution in [0.15, 0.2) is 42.6 Å². The van der Waals surface area contributed by atoms with E-state index in [2.05, 4.69) is 25.9 Å². The zero-order valence-electron chi connectivity index (χ0n) is 16.3. The number of nitrogens with zero attached hydrogens (tertiary/aromatic N) is 5. The summed E-state index contributed by atoms with van der Waals surface area (Å²) in [4.78, 5) is 28.2.